The molecule has 2 saturated heterocycles. The number of likely N-dealkylation sites (tertiary alicyclic amines) is 1. The van der Waals surface area contributed by atoms with Crippen molar-refractivity contribution in [3.05, 3.63) is 99.7 Å². The highest BCUT2D eigenvalue weighted by molar-refractivity contribution is 7.90. The molecule has 65 heavy (non-hydrogen) atoms. The van der Waals surface area contributed by atoms with Gasteiger partial charge in [0.15, 0.2) is 11.4 Å². The number of sulfonamides is 1. The number of hydrogen-bond donors (Lipinski definition) is 3. The molecule has 5 aromatic rings. The molecule has 4 aliphatic heterocycles. The van der Waals surface area contributed by atoms with E-state index in [4.69, 9.17) is 19.2 Å². The number of aromatic amines is 1. The Morgan fingerprint density at radius 1 is 1.06 bits per heavy atom. The number of ether oxygens (including phenoxy) is 3. The Morgan fingerprint density at radius 3 is 2.63 bits per heavy atom. The van der Waals surface area contributed by atoms with Crippen LogP contribution in [0.3, 0.4) is 0 Å². The average Bonchev–Trinajstić information content (AvgIpc) is 3.95. The van der Waals surface area contributed by atoms with Gasteiger partial charge in [0.25, 0.3) is 21.6 Å². The Morgan fingerprint density at radius 2 is 1.86 bits per heavy atom. The fourth-order valence-electron chi connectivity index (χ4n) is 10.7. The van der Waals surface area contributed by atoms with E-state index in [0.717, 1.165) is 49.6 Å². The standard InChI is InChI=1S/C48H56N8O8S/c1-29(2)62-27-33-28-63-43-23-36(22-41(56(58)59)44(43)50-33)65(60,61)52-46(57)38-12-11-34(21-40(38)55-26-31(4)64-47-42(55)20-32-13-16-49-45(32)51-47)53-18-14-48(15-19-53)24-35(25-48)54-17-7-10-39(54)37-9-6-5-8-30(37)3/h5-6,8-9,11-13,16,20-23,29,31,33,35,39,50H,7,10,14-15,17-19,24-28H2,1-4H3,(H,49,51)(H,52,57)/t31-,33+,39+/m1/s1. The van der Waals surface area contributed by atoms with Gasteiger partial charge in [0.1, 0.15) is 24.0 Å². The van der Waals surface area contributed by atoms with E-state index < -0.39 is 37.5 Å². The number of anilines is 4. The monoisotopic (exact) mass is 904 g/mol. The van der Waals surface area contributed by atoms with Crippen LogP contribution in [0, 0.1) is 22.5 Å². The van der Waals surface area contributed by atoms with Crippen molar-refractivity contribution in [2.45, 2.75) is 101 Å². The van der Waals surface area contributed by atoms with Gasteiger partial charge in [-0.3, -0.25) is 19.8 Å². The number of nitro benzene ring substituents is 1. The Balaban J connectivity index is 0.918. The second-order valence-corrected chi connectivity index (χ2v) is 20.5. The molecule has 2 aromatic heterocycles. The molecule has 342 valence electrons. The maximum absolute atomic E-state index is 14.5. The third-order valence-corrected chi connectivity index (χ3v) is 15.4. The van der Waals surface area contributed by atoms with E-state index in [-0.39, 0.29) is 42.4 Å². The second-order valence-electron chi connectivity index (χ2n) is 18.8. The molecule has 0 bridgehead atoms. The number of nitrogens with one attached hydrogen (secondary N) is 3. The summed E-state index contributed by atoms with van der Waals surface area (Å²) < 4.78 is 48.1. The first-order valence-electron chi connectivity index (χ1n) is 22.8. The third-order valence-electron chi connectivity index (χ3n) is 14.1. The van der Waals surface area contributed by atoms with E-state index in [1.54, 1.807) is 12.3 Å². The SMILES string of the molecule is Cc1ccccc1[C@@H]1CCCN1C1CC2(CCN(c3ccc(C(=O)NS(=O)(=O)c4cc5c(c([N+](=O)[O-])c4)N[C@@H](COC(C)C)CO5)c(N4C[C@@H](C)Oc5nc6[nH]ccc6cc54)c3)CC2)C1. The average molecular weight is 905 g/mol. The molecule has 6 heterocycles. The normalized spacial score (nSPS) is 21.9. The van der Waals surface area contributed by atoms with Crippen LogP contribution in [0.5, 0.6) is 11.6 Å². The van der Waals surface area contributed by atoms with Crippen LogP contribution in [-0.2, 0) is 14.8 Å². The summed E-state index contributed by atoms with van der Waals surface area (Å²) in [5.74, 6) is -0.515. The van der Waals surface area contributed by atoms with Crippen molar-refractivity contribution >= 4 is 55.4 Å². The molecule has 10 rings (SSSR count). The molecule has 16 nitrogen and oxygen atoms in total. The predicted octanol–water partition coefficient (Wildman–Crippen LogP) is 8.00. The summed E-state index contributed by atoms with van der Waals surface area (Å²) in [6.07, 6.45) is 8.39. The van der Waals surface area contributed by atoms with E-state index in [0.29, 0.717) is 46.9 Å². The topological polar surface area (TPSA) is 184 Å². The lowest BCUT2D eigenvalue weighted by Crippen LogP contribution is -2.54. The van der Waals surface area contributed by atoms with E-state index in [9.17, 15) is 23.3 Å². The number of carbonyl (C=O) groups excluding carboxylic acids is 1. The summed E-state index contributed by atoms with van der Waals surface area (Å²) in [5.41, 5.74) is 5.50. The molecule has 1 amide bonds. The molecule has 3 atom stereocenters. The Hall–Kier alpha value is -5.91. The number of piperidine rings is 1. The lowest BCUT2D eigenvalue weighted by molar-refractivity contribution is -0.384. The smallest absolute Gasteiger partial charge is 0.297 e. The van der Waals surface area contributed by atoms with Gasteiger partial charge in [-0.05, 0) is 120 Å². The summed E-state index contributed by atoms with van der Waals surface area (Å²) in [6, 6.07) is 21.0. The van der Waals surface area contributed by atoms with E-state index in [1.807, 2.05) is 49.9 Å². The van der Waals surface area contributed by atoms with Crippen LogP contribution in [0.15, 0.2) is 77.8 Å². The zero-order chi connectivity index (χ0) is 45.2. The van der Waals surface area contributed by atoms with Gasteiger partial charge in [0, 0.05) is 54.6 Å². The molecular formula is C48H56N8O8S. The van der Waals surface area contributed by atoms with Gasteiger partial charge >= 0.3 is 0 Å². The van der Waals surface area contributed by atoms with Crippen LogP contribution in [0.1, 0.15) is 86.8 Å². The second kappa shape index (κ2) is 16.8. The first kappa shape index (κ1) is 43.0. The Kier molecular flexibility index (Phi) is 11.1. The number of pyridine rings is 1. The zero-order valence-corrected chi connectivity index (χ0v) is 38.0. The van der Waals surface area contributed by atoms with E-state index in [1.165, 1.54) is 42.9 Å². The number of nitrogens with zero attached hydrogens (tertiary/aromatic N) is 5. The van der Waals surface area contributed by atoms with Crippen LogP contribution in [0.2, 0.25) is 0 Å². The molecule has 1 saturated carbocycles. The van der Waals surface area contributed by atoms with Crippen LogP contribution >= 0.6 is 0 Å². The maximum atomic E-state index is 14.5. The van der Waals surface area contributed by atoms with Crippen molar-refractivity contribution in [1.82, 2.24) is 19.6 Å². The highest BCUT2D eigenvalue weighted by Gasteiger charge is 2.50. The number of amides is 1. The zero-order valence-electron chi connectivity index (χ0n) is 37.2. The molecule has 3 aromatic carbocycles. The number of carbonyl (C=O) groups is 1. The van der Waals surface area contributed by atoms with Crippen molar-refractivity contribution in [3.8, 4) is 11.6 Å². The molecule has 5 aliphatic rings. The molecule has 3 fully saturated rings. The summed E-state index contributed by atoms with van der Waals surface area (Å²) in [5, 5.41) is 16.2. The molecule has 0 radical (unpaired) electrons. The van der Waals surface area contributed by atoms with Crippen molar-refractivity contribution in [2.75, 3.05) is 54.5 Å². The fourth-order valence-corrected chi connectivity index (χ4v) is 11.7. The molecule has 0 unspecified atom stereocenters. The molecule has 1 aliphatic carbocycles. The minimum atomic E-state index is -4.65. The molecular weight excluding hydrogens is 849 g/mol. The predicted molar refractivity (Wildman–Crippen MR) is 248 cm³/mol. The highest BCUT2D eigenvalue weighted by Crippen LogP contribution is 2.54. The van der Waals surface area contributed by atoms with Crippen LogP contribution in [0.25, 0.3) is 11.0 Å². The quantitative estimate of drug-likeness (QED) is 0.0857. The number of nitro groups is 1. The summed E-state index contributed by atoms with van der Waals surface area (Å²) in [6.45, 7) is 11.5. The minimum Gasteiger partial charge on any atom is -0.489 e. The number of rotatable bonds is 11. The van der Waals surface area contributed by atoms with Crippen molar-refractivity contribution in [3.63, 3.8) is 0 Å². The van der Waals surface area contributed by atoms with E-state index >= 15 is 0 Å². The number of aryl methyl sites for hydroxylation is 1. The van der Waals surface area contributed by atoms with E-state index in [2.05, 4.69) is 56.0 Å². The number of aromatic nitrogens is 2. The Labute approximate surface area is 378 Å². The molecule has 3 N–H and O–H groups in total. The molecule has 1 spiro atoms. The number of fused-ring (bicyclic) bond motifs is 3. The van der Waals surface area contributed by atoms with Gasteiger partial charge in [-0.15, -0.1) is 0 Å². The first-order chi connectivity index (χ1) is 31.2. The number of H-pyrrole nitrogens is 1. The van der Waals surface area contributed by atoms with Crippen molar-refractivity contribution < 1.29 is 32.3 Å². The first-order valence-corrected chi connectivity index (χ1v) is 24.3. The number of benzene rings is 3. The van der Waals surface area contributed by atoms with Crippen molar-refractivity contribution in [2.24, 2.45) is 5.41 Å². The van der Waals surface area contributed by atoms with Gasteiger partial charge in [0.05, 0.1) is 46.4 Å². The van der Waals surface area contributed by atoms with Gasteiger partial charge in [-0.25, -0.2) is 13.1 Å². The van der Waals surface area contributed by atoms with Crippen LogP contribution in [-0.4, -0.2) is 97.8 Å². The van der Waals surface area contributed by atoms with Gasteiger partial charge in [-0.2, -0.15) is 4.98 Å². The third kappa shape index (κ3) is 8.22. The Bertz CT molecular complexity index is 2760. The molecule has 17 heteroatoms. The lowest BCUT2D eigenvalue weighted by atomic mass is 9.59. The highest BCUT2D eigenvalue weighted by atomic mass is 32.2. The lowest BCUT2D eigenvalue weighted by Gasteiger charge is -2.56. The minimum absolute atomic E-state index is 0.0106. The van der Waals surface area contributed by atoms with Gasteiger partial charge in [0.2, 0.25) is 5.88 Å². The fraction of sp³-hybridized carbons (Fsp3) is 0.458. The van der Waals surface area contributed by atoms with Crippen LogP contribution in [0.4, 0.5) is 28.4 Å². The number of hydrogen-bond acceptors (Lipinski definition) is 13. The van der Waals surface area contributed by atoms with Gasteiger partial charge < -0.3 is 34.3 Å². The summed E-state index contributed by atoms with van der Waals surface area (Å²) >= 11 is 0. The maximum Gasteiger partial charge on any atom is 0.297 e. The van der Waals surface area contributed by atoms with Crippen LogP contribution < -0.4 is 29.3 Å². The summed E-state index contributed by atoms with van der Waals surface area (Å²) in [7, 11) is -4.65. The largest absolute Gasteiger partial charge is 0.489 e. The van der Waals surface area contributed by atoms with Gasteiger partial charge in [-0.1, -0.05) is 24.3 Å². The van der Waals surface area contributed by atoms with Crippen molar-refractivity contribution in [1.29, 1.82) is 0 Å². The summed E-state index contributed by atoms with van der Waals surface area (Å²) in [4.78, 5) is 40.6.